The fraction of sp³-hybridized carbons (Fsp3) is 0.250. The highest BCUT2D eigenvalue weighted by Gasteiger charge is 2.70. The van der Waals surface area contributed by atoms with E-state index in [-0.39, 0.29) is 35.7 Å². The average molecular weight is 778 g/mol. The van der Waals surface area contributed by atoms with E-state index in [4.69, 9.17) is 4.74 Å². The number of carbonyl (C=O) groups is 4. The Morgan fingerprint density at radius 3 is 2.36 bits per heavy atom. The zero-order valence-corrected chi connectivity index (χ0v) is 30.1. The Balaban J connectivity index is 1.34. The third kappa shape index (κ3) is 5.08. The number of rotatable bonds is 7. The lowest BCUT2D eigenvalue weighted by Gasteiger charge is -2.50. The smallest absolute Gasteiger partial charge is 0.271 e. The maximum Gasteiger partial charge on any atom is 0.271 e. The monoisotopic (exact) mass is 776 g/mol. The Morgan fingerprint density at radius 1 is 0.925 bits per heavy atom. The van der Waals surface area contributed by atoms with Gasteiger partial charge in [-0.15, -0.1) is 0 Å². The van der Waals surface area contributed by atoms with Gasteiger partial charge >= 0.3 is 0 Å². The summed E-state index contributed by atoms with van der Waals surface area (Å²) < 4.78 is 6.11. The van der Waals surface area contributed by atoms with Gasteiger partial charge in [0.25, 0.3) is 17.5 Å². The molecule has 0 aromatic heterocycles. The summed E-state index contributed by atoms with van der Waals surface area (Å²) in [6, 6.07) is 24.9. The van der Waals surface area contributed by atoms with E-state index in [2.05, 4.69) is 21.4 Å². The molecule has 0 bridgehead atoms. The number of carbonyl (C=O) groups excluding carboxylic acids is 4. The van der Waals surface area contributed by atoms with Crippen LogP contribution in [0.5, 0.6) is 11.5 Å². The van der Waals surface area contributed by atoms with E-state index < -0.39 is 63.6 Å². The lowest BCUT2D eigenvalue weighted by atomic mass is 9.49. The number of nitro groups is 1. The Bertz CT molecular complexity index is 2260. The number of allylic oxidation sites excluding steroid dienone is 2. The molecule has 12 nitrogen and oxygen atoms in total. The second-order valence-corrected chi connectivity index (χ2v) is 14.8. The molecule has 6 unspecified atom stereocenters. The molecule has 6 atom stereocenters. The van der Waals surface area contributed by atoms with Crippen LogP contribution in [0.2, 0.25) is 0 Å². The molecule has 268 valence electrons. The van der Waals surface area contributed by atoms with E-state index in [1.807, 2.05) is 31.2 Å². The average Bonchev–Trinajstić information content (AvgIpc) is 3.54. The van der Waals surface area contributed by atoms with Crippen LogP contribution in [-0.4, -0.2) is 45.8 Å². The highest BCUT2D eigenvalue weighted by atomic mass is 79.9. The highest BCUT2D eigenvalue weighted by molar-refractivity contribution is 9.10. The number of halogens is 1. The molecule has 3 fully saturated rings. The number of benzene rings is 4. The molecule has 4 aromatic rings. The summed E-state index contributed by atoms with van der Waals surface area (Å²) in [5.74, 6) is -6.64. The first kappa shape index (κ1) is 34.3. The molecule has 2 aliphatic carbocycles. The van der Waals surface area contributed by atoms with E-state index in [1.165, 1.54) is 31.4 Å². The first-order valence-electron chi connectivity index (χ1n) is 17.1. The second-order valence-electron chi connectivity index (χ2n) is 13.9. The van der Waals surface area contributed by atoms with Crippen molar-refractivity contribution >= 4 is 56.6 Å². The van der Waals surface area contributed by atoms with E-state index in [0.29, 0.717) is 26.9 Å². The molecule has 2 N–H and O–H groups in total. The van der Waals surface area contributed by atoms with Crippen LogP contribution in [0.15, 0.2) is 107 Å². The number of nitrogens with zero attached hydrogens (tertiary/aromatic N) is 3. The number of phenolic OH excluding ortho intramolecular Hbond substituents is 1. The number of amides is 4. The van der Waals surface area contributed by atoms with Crippen LogP contribution in [-0.2, 0) is 24.6 Å². The number of ether oxygens (including phenoxy) is 1. The van der Waals surface area contributed by atoms with Crippen molar-refractivity contribution in [2.75, 3.05) is 17.4 Å². The fourth-order valence-electron chi connectivity index (χ4n) is 9.06. The van der Waals surface area contributed by atoms with Gasteiger partial charge in [-0.05, 0) is 61.6 Å². The Hall–Kier alpha value is -5.82. The first-order chi connectivity index (χ1) is 25.5. The van der Waals surface area contributed by atoms with Gasteiger partial charge < -0.3 is 9.84 Å². The zero-order chi connectivity index (χ0) is 37.3. The molecule has 1 saturated carbocycles. The zero-order valence-electron chi connectivity index (χ0n) is 28.6. The Morgan fingerprint density at radius 2 is 1.66 bits per heavy atom. The third-order valence-electron chi connectivity index (χ3n) is 11.3. The molecule has 4 amide bonds. The van der Waals surface area contributed by atoms with Crippen LogP contribution in [0.1, 0.15) is 35.4 Å². The predicted octanol–water partition coefficient (Wildman–Crippen LogP) is 6.57. The third-order valence-corrected chi connectivity index (χ3v) is 11.7. The van der Waals surface area contributed by atoms with Crippen LogP contribution < -0.4 is 15.1 Å². The van der Waals surface area contributed by atoms with Crippen LogP contribution in [0.3, 0.4) is 0 Å². The summed E-state index contributed by atoms with van der Waals surface area (Å²) in [4.78, 5) is 70.8. The van der Waals surface area contributed by atoms with Crippen molar-refractivity contribution in [3.05, 3.63) is 134 Å². The second kappa shape index (κ2) is 12.7. The number of phenols is 1. The van der Waals surface area contributed by atoms with Crippen LogP contribution in [0, 0.1) is 40.7 Å². The topological polar surface area (TPSA) is 159 Å². The number of aryl methyl sites for hydroxylation is 1. The number of nitro benzene ring substituents is 1. The summed E-state index contributed by atoms with van der Waals surface area (Å²) in [7, 11) is 1.41. The van der Waals surface area contributed by atoms with Crippen molar-refractivity contribution in [3.63, 3.8) is 0 Å². The number of anilines is 2. The summed E-state index contributed by atoms with van der Waals surface area (Å²) in [6.07, 6.45) is 2.06. The molecule has 53 heavy (non-hydrogen) atoms. The van der Waals surface area contributed by atoms with Crippen LogP contribution in [0.4, 0.5) is 17.1 Å². The van der Waals surface area contributed by atoms with E-state index >= 15 is 4.79 Å². The van der Waals surface area contributed by atoms with Gasteiger partial charge in [-0.3, -0.25) is 34.7 Å². The normalized spacial score (nSPS) is 26.2. The summed E-state index contributed by atoms with van der Waals surface area (Å²) in [6.45, 7) is 1.93. The van der Waals surface area contributed by atoms with Crippen molar-refractivity contribution in [2.45, 2.75) is 31.1 Å². The van der Waals surface area contributed by atoms with Crippen LogP contribution >= 0.6 is 15.9 Å². The standard InChI is InChI=1S/C40H33BrN4O8/c1-21-11-13-24(14-12-21)42-44-37(48)31-20-29-27(15-16-28-33(29)38(49)43(36(28)47)25-9-6-10-26(19-25)45(51)52)34(30-17-23(41)18-32(53-2)35(30)46)40(31,39(44)50)22-7-4-3-5-8-22/h3-15,17-19,28-29,31,33-34,42,46H,16,20H2,1-2H3. The maximum absolute atomic E-state index is 15.3. The predicted molar refractivity (Wildman–Crippen MR) is 197 cm³/mol. The molecule has 4 aliphatic rings. The Kier molecular flexibility index (Phi) is 8.21. The van der Waals surface area contributed by atoms with Gasteiger partial charge in [0.2, 0.25) is 11.8 Å². The van der Waals surface area contributed by atoms with Gasteiger partial charge in [0.05, 0.1) is 46.6 Å². The molecule has 2 aliphatic heterocycles. The number of nitrogens with one attached hydrogen (secondary N) is 1. The number of aromatic hydroxyl groups is 1. The Labute approximate surface area is 312 Å². The first-order valence-corrected chi connectivity index (χ1v) is 17.9. The van der Waals surface area contributed by atoms with Gasteiger partial charge in [-0.2, -0.15) is 5.01 Å². The molecule has 13 heteroatoms. The van der Waals surface area contributed by atoms with E-state index in [1.54, 1.807) is 48.5 Å². The fourth-order valence-corrected chi connectivity index (χ4v) is 9.52. The number of non-ortho nitro benzene ring substituents is 1. The van der Waals surface area contributed by atoms with Crippen molar-refractivity contribution in [1.82, 2.24) is 5.01 Å². The maximum atomic E-state index is 15.3. The number of hydrazine groups is 1. The van der Waals surface area contributed by atoms with Gasteiger partial charge in [0.1, 0.15) is 0 Å². The van der Waals surface area contributed by atoms with E-state index in [0.717, 1.165) is 15.5 Å². The molecular formula is C40H33BrN4O8. The summed E-state index contributed by atoms with van der Waals surface area (Å²) in [5, 5.41) is 24.5. The van der Waals surface area contributed by atoms with Gasteiger partial charge in [0, 0.05) is 28.1 Å². The lowest BCUT2D eigenvalue weighted by molar-refractivity contribution is -0.384. The number of hydrogen-bond acceptors (Lipinski definition) is 9. The minimum absolute atomic E-state index is 0.0444. The molecule has 8 rings (SSSR count). The van der Waals surface area contributed by atoms with Gasteiger partial charge in [-0.25, -0.2) is 4.90 Å². The SMILES string of the molecule is COc1cc(Br)cc(C2C3=CCC4C(=O)N(c5cccc([N+](=O)[O-])c5)C(=O)C4C3CC3C(=O)N(Nc4ccc(C)cc4)C(=O)C32c2ccccc2)c1O. The van der Waals surface area contributed by atoms with Crippen molar-refractivity contribution < 1.29 is 33.9 Å². The quantitative estimate of drug-likeness (QED) is 0.0917. The highest BCUT2D eigenvalue weighted by Crippen LogP contribution is 2.65. The van der Waals surface area contributed by atoms with Gasteiger partial charge in [0.15, 0.2) is 11.5 Å². The molecule has 4 aromatic carbocycles. The summed E-state index contributed by atoms with van der Waals surface area (Å²) in [5.41, 5.74) is 4.29. The largest absolute Gasteiger partial charge is 0.504 e. The number of fused-ring (bicyclic) bond motifs is 4. The lowest BCUT2D eigenvalue weighted by Crippen LogP contribution is -2.53. The molecule has 2 heterocycles. The van der Waals surface area contributed by atoms with E-state index in [9.17, 15) is 29.6 Å². The minimum Gasteiger partial charge on any atom is -0.504 e. The molecule has 2 saturated heterocycles. The molecule has 0 spiro atoms. The van der Waals surface area contributed by atoms with Crippen molar-refractivity contribution in [2.24, 2.45) is 23.7 Å². The molecular weight excluding hydrogens is 744 g/mol. The summed E-state index contributed by atoms with van der Waals surface area (Å²) >= 11 is 3.55. The van der Waals surface area contributed by atoms with Gasteiger partial charge in [-0.1, -0.05) is 81.7 Å². The number of imide groups is 2. The molecule has 0 radical (unpaired) electrons. The van der Waals surface area contributed by atoms with Crippen LogP contribution in [0.25, 0.3) is 0 Å². The van der Waals surface area contributed by atoms with Crippen molar-refractivity contribution in [1.29, 1.82) is 0 Å². The number of hydrogen-bond donors (Lipinski definition) is 2. The van der Waals surface area contributed by atoms with Crippen molar-refractivity contribution in [3.8, 4) is 11.5 Å². The minimum atomic E-state index is -1.60. The number of methoxy groups -OCH3 is 1.